The molecule has 2 aromatic heterocycles. The van der Waals surface area contributed by atoms with E-state index in [4.69, 9.17) is 0 Å². The molecule has 0 unspecified atom stereocenters. The molecule has 4 nitrogen and oxygen atoms in total. The molecule has 5 heteroatoms. The number of aromatic nitrogens is 4. The van der Waals surface area contributed by atoms with Gasteiger partial charge in [-0.3, -0.25) is 0 Å². The zero-order chi connectivity index (χ0) is 11.7. The van der Waals surface area contributed by atoms with Crippen molar-refractivity contribution < 1.29 is 0 Å². The van der Waals surface area contributed by atoms with Crippen molar-refractivity contribution in [2.24, 2.45) is 0 Å². The summed E-state index contributed by atoms with van der Waals surface area (Å²) in [5.74, 6) is 0. The van der Waals surface area contributed by atoms with E-state index in [0.717, 1.165) is 28.0 Å². The number of hydrogen-bond donors (Lipinski definition) is 0. The van der Waals surface area contributed by atoms with Crippen LogP contribution in [0.4, 0.5) is 0 Å². The minimum absolute atomic E-state index is 0.722. The second kappa shape index (κ2) is 4.64. The Morgan fingerprint density at radius 1 is 1.29 bits per heavy atom. The van der Waals surface area contributed by atoms with Crippen LogP contribution in [0.1, 0.15) is 32.6 Å². The van der Waals surface area contributed by atoms with Gasteiger partial charge in [0.15, 0.2) is 5.65 Å². The fourth-order valence-electron chi connectivity index (χ4n) is 2.34. The zero-order valence-corrected chi connectivity index (χ0v) is 10.8. The van der Waals surface area contributed by atoms with E-state index >= 15 is 0 Å². The maximum atomic E-state index is 4.45. The number of thioether (sulfide) groups is 1. The normalized spacial score (nSPS) is 17.0. The highest BCUT2D eigenvalue weighted by atomic mass is 32.2. The maximum absolute atomic E-state index is 4.45. The van der Waals surface area contributed by atoms with Crippen molar-refractivity contribution >= 4 is 22.9 Å². The summed E-state index contributed by atoms with van der Waals surface area (Å²) < 4.78 is 2.07. The van der Waals surface area contributed by atoms with Gasteiger partial charge < -0.3 is 4.57 Å². The van der Waals surface area contributed by atoms with Gasteiger partial charge in [0.2, 0.25) is 0 Å². The third kappa shape index (κ3) is 2.04. The van der Waals surface area contributed by atoms with Crippen LogP contribution in [-0.2, 0) is 6.54 Å². The van der Waals surface area contributed by atoms with Gasteiger partial charge in [-0.15, -0.1) is 11.8 Å². The van der Waals surface area contributed by atoms with E-state index in [0.29, 0.717) is 0 Å². The van der Waals surface area contributed by atoms with E-state index in [2.05, 4.69) is 26.4 Å². The van der Waals surface area contributed by atoms with Crippen LogP contribution in [0.5, 0.6) is 0 Å². The van der Waals surface area contributed by atoms with Gasteiger partial charge in [0, 0.05) is 11.8 Å². The highest BCUT2D eigenvalue weighted by molar-refractivity contribution is 8.00. The Morgan fingerprint density at radius 2 is 2.12 bits per heavy atom. The van der Waals surface area contributed by atoms with Crippen molar-refractivity contribution in [3.63, 3.8) is 0 Å². The Hall–Kier alpha value is -1.10. The predicted octanol–water partition coefficient (Wildman–Crippen LogP) is 2.88. The van der Waals surface area contributed by atoms with E-state index in [1.54, 1.807) is 6.33 Å². The summed E-state index contributed by atoms with van der Waals surface area (Å²) in [5.41, 5.74) is 1.93. The molecule has 0 aromatic carbocycles. The maximum Gasteiger partial charge on any atom is 0.164 e. The van der Waals surface area contributed by atoms with Crippen molar-refractivity contribution in [2.75, 3.05) is 0 Å². The molecule has 1 saturated carbocycles. The Labute approximate surface area is 105 Å². The fraction of sp³-hybridized carbons (Fsp3) is 0.583. The monoisotopic (exact) mass is 248 g/mol. The summed E-state index contributed by atoms with van der Waals surface area (Å²) in [6.07, 6.45) is 8.85. The first-order chi connectivity index (χ1) is 8.38. The lowest BCUT2D eigenvalue weighted by molar-refractivity contribution is 0.776. The molecule has 0 bridgehead atoms. The summed E-state index contributed by atoms with van der Waals surface area (Å²) in [6, 6.07) is 0. The van der Waals surface area contributed by atoms with Crippen LogP contribution in [-0.4, -0.2) is 24.8 Å². The molecule has 0 atom stereocenters. The molecule has 0 aliphatic heterocycles. The fourth-order valence-corrected chi connectivity index (χ4v) is 3.59. The molecule has 0 radical (unpaired) electrons. The smallest absolute Gasteiger partial charge is 0.164 e. The lowest BCUT2D eigenvalue weighted by Gasteiger charge is -2.07. The summed E-state index contributed by atoms with van der Waals surface area (Å²) in [5, 5.41) is 1.77. The third-order valence-corrected chi connectivity index (χ3v) is 4.62. The molecule has 3 rings (SSSR count). The van der Waals surface area contributed by atoms with Crippen molar-refractivity contribution in [3.05, 3.63) is 12.7 Å². The van der Waals surface area contributed by atoms with E-state index in [1.807, 2.05) is 18.1 Å². The van der Waals surface area contributed by atoms with Gasteiger partial charge in [-0.25, -0.2) is 15.0 Å². The Bertz CT molecular complexity index is 516. The van der Waals surface area contributed by atoms with E-state index in [-0.39, 0.29) is 0 Å². The molecule has 2 aromatic rings. The van der Waals surface area contributed by atoms with Crippen LogP contribution >= 0.6 is 11.8 Å². The Kier molecular flexibility index (Phi) is 3.01. The van der Waals surface area contributed by atoms with Crippen molar-refractivity contribution in [3.8, 4) is 0 Å². The first-order valence-electron chi connectivity index (χ1n) is 6.21. The van der Waals surface area contributed by atoms with Crippen molar-refractivity contribution in [2.45, 2.75) is 49.4 Å². The number of hydrogen-bond acceptors (Lipinski definition) is 4. The van der Waals surface area contributed by atoms with E-state index < -0.39 is 0 Å². The van der Waals surface area contributed by atoms with Crippen LogP contribution < -0.4 is 0 Å². The van der Waals surface area contributed by atoms with Gasteiger partial charge in [-0.2, -0.15) is 0 Å². The number of imidazole rings is 1. The van der Waals surface area contributed by atoms with Crippen LogP contribution in [0.15, 0.2) is 17.7 Å². The quantitative estimate of drug-likeness (QED) is 0.783. The molecule has 90 valence electrons. The van der Waals surface area contributed by atoms with Crippen molar-refractivity contribution in [1.82, 2.24) is 19.5 Å². The van der Waals surface area contributed by atoms with Crippen LogP contribution in [0.25, 0.3) is 11.2 Å². The average Bonchev–Trinajstić information content (AvgIpc) is 2.97. The summed E-state index contributed by atoms with van der Waals surface area (Å²) in [6.45, 7) is 3.01. The van der Waals surface area contributed by atoms with Gasteiger partial charge in [0.05, 0.1) is 6.33 Å². The van der Waals surface area contributed by atoms with Crippen LogP contribution in [0.2, 0.25) is 0 Å². The predicted molar refractivity (Wildman–Crippen MR) is 69.1 cm³/mol. The zero-order valence-electron chi connectivity index (χ0n) is 9.96. The molecule has 17 heavy (non-hydrogen) atoms. The van der Waals surface area contributed by atoms with Gasteiger partial charge in [-0.05, 0) is 19.8 Å². The van der Waals surface area contributed by atoms with Gasteiger partial charge >= 0.3 is 0 Å². The highest BCUT2D eigenvalue weighted by Gasteiger charge is 2.19. The third-order valence-electron chi connectivity index (χ3n) is 3.29. The summed E-state index contributed by atoms with van der Waals surface area (Å²) in [4.78, 5) is 13.2. The lowest BCUT2D eigenvalue weighted by Crippen LogP contribution is -1.98. The molecule has 2 heterocycles. The molecule has 0 spiro atoms. The van der Waals surface area contributed by atoms with E-state index in [9.17, 15) is 0 Å². The first kappa shape index (κ1) is 11.0. The topological polar surface area (TPSA) is 43.6 Å². The molecule has 1 fully saturated rings. The van der Waals surface area contributed by atoms with E-state index in [1.165, 1.54) is 25.7 Å². The molecule has 0 N–H and O–H groups in total. The Balaban J connectivity index is 1.95. The average molecular weight is 248 g/mol. The second-order valence-corrected chi connectivity index (χ2v) is 5.70. The summed E-state index contributed by atoms with van der Waals surface area (Å²) >= 11 is 1.88. The highest BCUT2D eigenvalue weighted by Crippen LogP contribution is 2.35. The number of nitrogens with zero attached hydrogens (tertiary/aromatic N) is 4. The van der Waals surface area contributed by atoms with Crippen LogP contribution in [0.3, 0.4) is 0 Å². The molecule has 1 aliphatic rings. The summed E-state index contributed by atoms with van der Waals surface area (Å²) in [7, 11) is 0. The van der Waals surface area contributed by atoms with Crippen molar-refractivity contribution in [1.29, 1.82) is 0 Å². The molecule has 0 amide bonds. The molecular formula is C12H16N4S. The second-order valence-electron chi connectivity index (χ2n) is 4.41. The van der Waals surface area contributed by atoms with Crippen LogP contribution in [0, 0.1) is 0 Å². The number of rotatable bonds is 3. The largest absolute Gasteiger partial charge is 0.315 e. The van der Waals surface area contributed by atoms with Gasteiger partial charge in [-0.1, -0.05) is 12.8 Å². The minimum Gasteiger partial charge on any atom is -0.315 e. The molecule has 0 saturated heterocycles. The molecular weight excluding hydrogens is 232 g/mol. The van der Waals surface area contributed by atoms with Gasteiger partial charge in [0.1, 0.15) is 16.9 Å². The SMILES string of the molecule is CCn1cnc2c(SC3CCCC3)ncnc21. The lowest BCUT2D eigenvalue weighted by atomic mass is 10.4. The standard InChI is InChI=1S/C12H16N4S/c1-2-16-8-15-10-11(16)13-7-14-12(10)17-9-5-3-4-6-9/h7-9H,2-6H2,1H3. The molecule has 1 aliphatic carbocycles. The minimum atomic E-state index is 0.722. The Morgan fingerprint density at radius 3 is 2.88 bits per heavy atom. The number of aryl methyl sites for hydroxylation is 1. The first-order valence-corrected chi connectivity index (χ1v) is 7.09. The van der Waals surface area contributed by atoms with Gasteiger partial charge in [0.25, 0.3) is 0 Å². The number of fused-ring (bicyclic) bond motifs is 1.